The highest BCUT2D eigenvalue weighted by molar-refractivity contribution is 7.89. The van der Waals surface area contributed by atoms with Crippen molar-refractivity contribution in [2.24, 2.45) is 5.41 Å². The molecule has 0 bridgehead atoms. The highest BCUT2D eigenvalue weighted by Crippen LogP contribution is 2.28. The molecule has 0 heterocycles. The third-order valence-electron chi connectivity index (χ3n) is 3.00. The molecule has 1 aromatic rings. The Morgan fingerprint density at radius 3 is 2.00 bits per heavy atom. The fraction of sp³-hybridized carbons (Fsp3) is 0.625. The highest BCUT2D eigenvalue weighted by Gasteiger charge is 2.30. The molecule has 1 rings (SSSR count). The van der Waals surface area contributed by atoms with Gasteiger partial charge in [0.2, 0.25) is 10.0 Å². The first-order valence-electron chi connectivity index (χ1n) is 7.14. The van der Waals surface area contributed by atoms with Gasteiger partial charge in [0.05, 0.1) is 4.90 Å². The molecule has 0 amide bonds. The summed E-state index contributed by atoms with van der Waals surface area (Å²) >= 11 is 5.68. The largest absolute Gasteiger partial charge is 0.241 e. The summed E-state index contributed by atoms with van der Waals surface area (Å²) in [4.78, 5) is 0.294. The lowest BCUT2D eigenvalue weighted by molar-refractivity contribution is 0.269. The van der Waals surface area contributed by atoms with Crippen molar-refractivity contribution in [3.8, 4) is 0 Å². The zero-order valence-electron chi connectivity index (χ0n) is 13.5. The van der Waals surface area contributed by atoms with Crippen LogP contribution in [0.3, 0.4) is 0 Å². The van der Waals surface area contributed by atoms with E-state index in [0.29, 0.717) is 10.8 Å². The topological polar surface area (TPSA) is 46.2 Å². The summed E-state index contributed by atoms with van der Waals surface area (Å²) in [7, 11) is -3.51. The van der Waals surface area contributed by atoms with E-state index in [4.69, 9.17) is 11.6 Å². The highest BCUT2D eigenvalue weighted by atomic mass is 35.5. The van der Waals surface area contributed by atoms with E-state index in [0.717, 1.165) is 18.4 Å². The van der Waals surface area contributed by atoms with Crippen molar-refractivity contribution < 1.29 is 8.42 Å². The van der Waals surface area contributed by atoms with Crippen molar-refractivity contribution in [1.29, 1.82) is 0 Å². The summed E-state index contributed by atoms with van der Waals surface area (Å²) in [6.45, 7) is 10.1. The number of nitrogens with one attached hydrogen (secondary N) is 1. The summed E-state index contributed by atoms with van der Waals surface area (Å²) in [6, 6.07) is 6.90. The lowest BCUT2D eigenvalue weighted by Crippen LogP contribution is -2.45. The van der Waals surface area contributed by atoms with Crippen LogP contribution in [0, 0.1) is 5.41 Å². The van der Waals surface area contributed by atoms with Crippen LogP contribution in [-0.4, -0.2) is 19.8 Å². The molecule has 1 N–H and O–H groups in total. The first kappa shape index (κ1) is 18.5. The minimum Gasteiger partial charge on any atom is -0.207 e. The van der Waals surface area contributed by atoms with Crippen LogP contribution < -0.4 is 4.72 Å². The van der Waals surface area contributed by atoms with Crippen LogP contribution >= 0.6 is 11.6 Å². The molecular formula is C16H26ClNO2S. The van der Waals surface area contributed by atoms with Gasteiger partial charge < -0.3 is 0 Å². The number of benzene rings is 1. The molecule has 5 heteroatoms. The molecule has 0 radical (unpaired) electrons. The Kier molecular flexibility index (Phi) is 5.87. The summed E-state index contributed by atoms with van der Waals surface area (Å²) in [5.41, 5.74) is 0.597. The smallest absolute Gasteiger partial charge is 0.207 e. The Labute approximate surface area is 134 Å². The fourth-order valence-corrected chi connectivity index (χ4v) is 4.36. The normalized spacial score (nSPS) is 13.4. The van der Waals surface area contributed by atoms with Gasteiger partial charge in [-0.15, -0.1) is 11.6 Å². The second kappa shape index (κ2) is 6.67. The molecule has 0 spiro atoms. The molecule has 0 aliphatic heterocycles. The van der Waals surface area contributed by atoms with Gasteiger partial charge in [0.1, 0.15) is 0 Å². The van der Waals surface area contributed by atoms with Gasteiger partial charge in [-0.2, -0.15) is 0 Å². The Morgan fingerprint density at radius 2 is 1.57 bits per heavy atom. The van der Waals surface area contributed by atoms with Crippen LogP contribution in [0.15, 0.2) is 29.2 Å². The predicted octanol–water partition coefficient (Wildman–Crippen LogP) is 3.96. The third-order valence-corrected chi connectivity index (χ3v) is 4.90. The monoisotopic (exact) mass is 331 g/mol. The number of sulfonamides is 1. The van der Waals surface area contributed by atoms with E-state index in [2.05, 4.69) is 25.5 Å². The lowest BCUT2D eigenvalue weighted by atomic mass is 9.82. The maximum atomic E-state index is 12.5. The van der Waals surface area contributed by atoms with Crippen LogP contribution in [0.25, 0.3) is 0 Å². The van der Waals surface area contributed by atoms with Crippen LogP contribution in [0.5, 0.6) is 0 Å². The second-order valence-electron chi connectivity index (χ2n) is 7.31. The maximum Gasteiger partial charge on any atom is 0.241 e. The molecular weight excluding hydrogens is 306 g/mol. The molecule has 0 aromatic heterocycles. The van der Waals surface area contributed by atoms with E-state index in [1.54, 1.807) is 12.1 Å². The standard InChI is InChI=1S/C16H26ClNO2S/c1-15(2,3)12-16(4,5)18-21(19,20)14-8-6-13(7-9-14)10-11-17/h6-9,18H,10-12H2,1-5H3. The minimum atomic E-state index is -3.51. The van der Waals surface area contributed by atoms with Crippen LogP contribution in [-0.2, 0) is 16.4 Å². The molecule has 0 saturated heterocycles. The van der Waals surface area contributed by atoms with E-state index in [-0.39, 0.29) is 5.41 Å². The zero-order valence-corrected chi connectivity index (χ0v) is 15.1. The number of hydrogen-bond donors (Lipinski definition) is 1. The number of alkyl halides is 1. The molecule has 0 aliphatic rings. The van der Waals surface area contributed by atoms with E-state index in [9.17, 15) is 8.42 Å². The SMILES string of the molecule is CC(C)(C)CC(C)(C)NS(=O)(=O)c1ccc(CCCl)cc1. The first-order valence-corrected chi connectivity index (χ1v) is 9.16. The summed E-state index contributed by atoms with van der Waals surface area (Å²) in [6.07, 6.45) is 1.49. The van der Waals surface area contributed by atoms with Gasteiger partial charge in [-0.1, -0.05) is 32.9 Å². The second-order valence-corrected chi connectivity index (χ2v) is 9.37. The Bertz CT molecular complexity index is 557. The molecule has 21 heavy (non-hydrogen) atoms. The van der Waals surface area contributed by atoms with Gasteiger partial charge >= 0.3 is 0 Å². The van der Waals surface area contributed by atoms with Crippen molar-refractivity contribution in [2.75, 3.05) is 5.88 Å². The molecule has 0 saturated carbocycles. The Morgan fingerprint density at radius 1 is 1.05 bits per heavy atom. The average Bonchev–Trinajstić information content (AvgIpc) is 2.25. The van der Waals surface area contributed by atoms with Gasteiger partial charge in [-0.05, 0) is 49.8 Å². The van der Waals surface area contributed by atoms with E-state index < -0.39 is 15.6 Å². The number of halogens is 1. The number of rotatable bonds is 6. The number of hydrogen-bond acceptors (Lipinski definition) is 2. The van der Waals surface area contributed by atoms with E-state index >= 15 is 0 Å². The summed E-state index contributed by atoms with van der Waals surface area (Å²) < 4.78 is 27.7. The van der Waals surface area contributed by atoms with Gasteiger partial charge in [0, 0.05) is 11.4 Å². The lowest BCUT2D eigenvalue weighted by Gasteiger charge is -2.33. The third kappa shape index (κ3) is 6.37. The van der Waals surface area contributed by atoms with Gasteiger partial charge in [-0.3, -0.25) is 0 Å². The molecule has 3 nitrogen and oxygen atoms in total. The van der Waals surface area contributed by atoms with Crippen molar-refractivity contribution in [1.82, 2.24) is 4.72 Å². The fourth-order valence-electron chi connectivity index (χ4n) is 2.73. The first-order chi connectivity index (χ1) is 9.45. The van der Waals surface area contributed by atoms with Crippen molar-refractivity contribution in [3.05, 3.63) is 29.8 Å². The Hall–Kier alpha value is -0.580. The van der Waals surface area contributed by atoms with Gasteiger partial charge in [-0.25, -0.2) is 13.1 Å². The van der Waals surface area contributed by atoms with Crippen LogP contribution in [0.4, 0.5) is 0 Å². The zero-order chi connectivity index (χ0) is 16.3. The van der Waals surface area contributed by atoms with Crippen molar-refractivity contribution >= 4 is 21.6 Å². The maximum absolute atomic E-state index is 12.5. The molecule has 0 unspecified atom stereocenters. The molecule has 0 fully saturated rings. The summed E-state index contributed by atoms with van der Waals surface area (Å²) in [5.74, 6) is 0.531. The molecule has 1 aromatic carbocycles. The molecule has 120 valence electrons. The van der Waals surface area contributed by atoms with Crippen molar-refractivity contribution in [3.63, 3.8) is 0 Å². The van der Waals surface area contributed by atoms with E-state index in [1.165, 1.54) is 0 Å². The minimum absolute atomic E-state index is 0.0518. The predicted molar refractivity (Wildman–Crippen MR) is 89.3 cm³/mol. The van der Waals surface area contributed by atoms with Gasteiger partial charge in [0.25, 0.3) is 0 Å². The molecule has 0 atom stereocenters. The van der Waals surface area contributed by atoms with Crippen LogP contribution in [0.2, 0.25) is 0 Å². The molecule has 0 aliphatic carbocycles. The average molecular weight is 332 g/mol. The Balaban J connectivity index is 2.90. The van der Waals surface area contributed by atoms with Crippen LogP contribution in [0.1, 0.15) is 46.6 Å². The number of aryl methyl sites for hydroxylation is 1. The summed E-state index contributed by atoms with van der Waals surface area (Å²) in [5, 5.41) is 0. The quantitative estimate of drug-likeness (QED) is 0.802. The van der Waals surface area contributed by atoms with E-state index in [1.807, 2.05) is 26.0 Å². The van der Waals surface area contributed by atoms with Gasteiger partial charge in [0.15, 0.2) is 0 Å². The van der Waals surface area contributed by atoms with Crippen molar-refractivity contribution in [2.45, 2.75) is 57.9 Å².